The number of ether oxygens (including phenoxy) is 1. The van der Waals surface area contributed by atoms with E-state index in [4.69, 9.17) is 20.8 Å². The summed E-state index contributed by atoms with van der Waals surface area (Å²) in [4.78, 5) is 12.2. The molecule has 0 saturated carbocycles. The molecule has 0 saturated heterocycles. The van der Waals surface area contributed by atoms with Crippen molar-refractivity contribution in [2.45, 2.75) is 0 Å². The number of fused-ring (bicyclic) bond motifs is 3. The molecule has 0 atom stereocenters. The fourth-order valence-corrected chi connectivity index (χ4v) is 3.25. The predicted octanol–water partition coefficient (Wildman–Crippen LogP) is 5.28. The summed E-state index contributed by atoms with van der Waals surface area (Å²) in [6, 6.07) is 18.5. The van der Waals surface area contributed by atoms with E-state index < -0.39 is 0 Å². The largest absolute Gasteiger partial charge is 0.497 e. The maximum Gasteiger partial charge on any atom is 0.344 e. The quantitative estimate of drug-likeness (QED) is 0.369. The zero-order chi connectivity index (χ0) is 16.7. The molecule has 0 aliphatic heterocycles. The van der Waals surface area contributed by atoms with Crippen LogP contribution >= 0.6 is 11.6 Å². The molecule has 0 aliphatic carbocycles. The van der Waals surface area contributed by atoms with Crippen LogP contribution in [0.2, 0.25) is 5.02 Å². The fourth-order valence-electron chi connectivity index (χ4n) is 2.98. The third kappa shape index (κ3) is 2.25. The van der Waals surface area contributed by atoms with Crippen LogP contribution in [0.1, 0.15) is 0 Å². The predicted molar refractivity (Wildman–Crippen MR) is 97.0 cm³/mol. The van der Waals surface area contributed by atoms with Crippen LogP contribution in [0.25, 0.3) is 32.9 Å². The van der Waals surface area contributed by atoms with Gasteiger partial charge in [-0.05, 0) is 35.9 Å². The fraction of sp³-hybridized carbons (Fsp3) is 0.0500. The monoisotopic (exact) mass is 336 g/mol. The van der Waals surface area contributed by atoms with Gasteiger partial charge in [0, 0.05) is 21.4 Å². The summed E-state index contributed by atoms with van der Waals surface area (Å²) < 4.78 is 10.7. The lowest BCUT2D eigenvalue weighted by Gasteiger charge is -2.11. The molecule has 0 unspecified atom stereocenters. The second-order valence-electron chi connectivity index (χ2n) is 5.46. The number of benzene rings is 3. The van der Waals surface area contributed by atoms with E-state index in [0.29, 0.717) is 16.0 Å². The highest BCUT2D eigenvalue weighted by Crippen LogP contribution is 2.38. The minimum Gasteiger partial charge on any atom is -0.497 e. The third-order valence-corrected chi connectivity index (χ3v) is 4.43. The summed E-state index contributed by atoms with van der Waals surface area (Å²) in [7, 11) is 1.63. The smallest absolute Gasteiger partial charge is 0.344 e. The van der Waals surface area contributed by atoms with Crippen molar-refractivity contribution in [3.63, 3.8) is 0 Å². The SMILES string of the molecule is COc1ccc(-c2c(Cl)ccc3oc(=O)c4ccccc4c23)cc1. The molecular weight excluding hydrogens is 324 g/mol. The van der Waals surface area contributed by atoms with E-state index in [1.807, 2.05) is 42.5 Å². The van der Waals surface area contributed by atoms with Crippen LogP contribution < -0.4 is 10.4 Å². The van der Waals surface area contributed by atoms with Crippen molar-refractivity contribution in [2.24, 2.45) is 0 Å². The van der Waals surface area contributed by atoms with Gasteiger partial charge in [-0.3, -0.25) is 0 Å². The van der Waals surface area contributed by atoms with Crippen LogP contribution in [0.15, 0.2) is 69.9 Å². The molecule has 3 aromatic carbocycles. The Bertz CT molecular complexity index is 1110. The normalized spacial score (nSPS) is 11.1. The lowest BCUT2D eigenvalue weighted by molar-refractivity contribution is 0.415. The Labute approximate surface area is 143 Å². The Kier molecular flexibility index (Phi) is 3.51. The van der Waals surface area contributed by atoms with Crippen LogP contribution in [0.5, 0.6) is 5.75 Å². The van der Waals surface area contributed by atoms with Crippen LogP contribution in [0.3, 0.4) is 0 Å². The van der Waals surface area contributed by atoms with E-state index in [1.54, 1.807) is 25.3 Å². The van der Waals surface area contributed by atoms with Crippen LogP contribution in [0.4, 0.5) is 0 Å². The second kappa shape index (κ2) is 5.69. The Morgan fingerprint density at radius 1 is 0.917 bits per heavy atom. The highest BCUT2D eigenvalue weighted by atomic mass is 35.5. The molecule has 3 nitrogen and oxygen atoms in total. The number of hydrogen-bond acceptors (Lipinski definition) is 3. The summed E-state index contributed by atoms with van der Waals surface area (Å²) >= 11 is 6.50. The van der Waals surface area contributed by atoms with E-state index in [-0.39, 0.29) is 5.63 Å². The van der Waals surface area contributed by atoms with Crippen molar-refractivity contribution in [3.05, 3.63) is 76.1 Å². The van der Waals surface area contributed by atoms with E-state index in [2.05, 4.69) is 0 Å². The number of methoxy groups -OCH3 is 1. The maximum absolute atomic E-state index is 12.2. The molecule has 1 aromatic heterocycles. The number of hydrogen-bond donors (Lipinski definition) is 0. The molecule has 0 spiro atoms. The van der Waals surface area contributed by atoms with Gasteiger partial charge >= 0.3 is 5.63 Å². The summed E-state index contributed by atoms with van der Waals surface area (Å²) in [5.74, 6) is 0.770. The lowest BCUT2D eigenvalue weighted by atomic mass is 9.97. The van der Waals surface area contributed by atoms with Gasteiger partial charge in [-0.15, -0.1) is 0 Å². The van der Waals surface area contributed by atoms with Gasteiger partial charge in [0.2, 0.25) is 0 Å². The summed E-state index contributed by atoms with van der Waals surface area (Å²) in [6.45, 7) is 0. The Balaban J connectivity index is 2.16. The average Bonchev–Trinajstić information content (AvgIpc) is 2.63. The second-order valence-corrected chi connectivity index (χ2v) is 5.87. The van der Waals surface area contributed by atoms with Crippen molar-refractivity contribution in [2.75, 3.05) is 7.11 Å². The van der Waals surface area contributed by atoms with Crippen LogP contribution in [-0.2, 0) is 0 Å². The molecule has 0 amide bonds. The molecule has 0 N–H and O–H groups in total. The first kappa shape index (κ1) is 14.8. The first-order valence-corrected chi connectivity index (χ1v) is 7.85. The zero-order valence-electron chi connectivity index (χ0n) is 12.9. The van der Waals surface area contributed by atoms with Gasteiger partial charge in [0.1, 0.15) is 11.3 Å². The first-order valence-electron chi connectivity index (χ1n) is 7.47. The molecule has 118 valence electrons. The molecule has 0 aliphatic rings. The van der Waals surface area contributed by atoms with Gasteiger partial charge < -0.3 is 9.15 Å². The zero-order valence-corrected chi connectivity index (χ0v) is 13.6. The molecule has 24 heavy (non-hydrogen) atoms. The first-order chi connectivity index (χ1) is 11.7. The summed E-state index contributed by atoms with van der Waals surface area (Å²) in [5.41, 5.74) is 1.96. The minimum atomic E-state index is -0.346. The van der Waals surface area contributed by atoms with E-state index in [0.717, 1.165) is 27.6 Å². The Morgan fingerprint density at radius 3 is 2.33 bits per heavy atom. The minimum absolute atomic E-state index is 0.346. The molecule has 0 radical (unpaired) electrons. The van der Waals surface area contributed by atoms with Gasteiger partial charge in [-0.2, -0.15) is 0 Å². The number of rotatable bonds is 2. The molecule has 0 fully saturated rings. The molecule has 0 bridgehead atoms. The van der Waals surface area contributed by atoms with Gasteiger partial charge in [-0.25, -0.2) is 4.79 Å². The Morgan fingerprint density at radius 2 is 1.62 bits per heavy atom. The molecule has 1 heterocycles. The standard InChI is InChI=1S/C20H13ClO3/c1-23-13-8-6-12(7-9-13)18-16(21)10-11-17-19(18)14-4-2-3-5-15(14)20(22)24-17/h2-11H,1H3. The van der Waals surface area contributed by atoms with E-state index in [9.17, 15) is 4.79 Å². The highest BCUT2D eigenvalue weighted by Gasteiger charge is 2.15. The molecule has 4 rings (SSSR count). The van der Waals surface area contributed by atoms with Gasteiger partial charge in [0.05, 0.1) is 12.5 Å². The molecular formula is C20H13ClO3. The van der Waals surface area contributed by atoms with Crippen molar-refractivity contribution < 1.29 is 9.15 Å². The average molecular weight is 337 g/mol. The summed E-state index contributed by atoms with van der Waals surface area (Å²) in [6.07, 6.45) is 0. The van der Waals surface area contributed by atoms with E-state index >= 15 is 0 Å². The van der Waals surface area contributed by atoms with Gasteiger partial charge in [0.25, 0.3) is 0 Å². The van der Waals surface area contributed by atoms with Gasteiger partial charge in [0.15, 0.2) is 0 Å². The number of halogens is 1. The van der Waals surface area contributed by atoms with Crippen LogP contribution in [0, 0.1) is 0 Å². The third-order valence-electron chi connectivity index (χ3n) is 4.11. The molecule has 4 heteroatoms. The molecule has 4 aromatic rings. The lowest BCUT2D eigenvalue weighted by Crippen LogP contribution is -2.00. The topological polar surface area (TPSA) is 39.4 Å². The summed E-state index contributed by atoms with van der Waals surface area (Å²) in [5, 5.41) is 2.81. The van der Waals surface area contributed by atoms with Crippen molar-refractivity contribution >= 4 is 33.3 Å². The maximum atomic E-state index is 12.2. The van der Waals surface area contributed by atoms with E-state index in [1.165, 1.54) is 0 Å². The van der Waals surface area contributed by atoms with Crippen molar-refractivity contribution in [3.8, 4) is 16.9 Å². The highest BCUT2D eigenvalue weighted by molar-refractivity contribution is 6.36. The Hall–Kier alpha value is -2.78. The van der Waals surface area contributed by atoms with Crippen molar-refractivity contribution in [1.82, 2.24) is 0 Å². The van der Waals surface area contributed by atoms with Crippen molar-refractivity contribution in [1.29, 1.82) is 0 Å². The van der Waals surface area contributed by atoms with Crippen LogP contribution in [-0.4, -0.2) is 7.11 Å². The van der Waals surface area contributed by atoms with Gasteiger partial charge in [-0.1, -0.05) is 41.9 Å².